The third kappa shape index (κ3) is 4.21. The highest BCUT2D eigenvalue weighted by molar-refractivity contribution is 5.99. The maximum atomic E-state index is 13.8. The molecule has 178 valence electrons. The van der Waals surface area contributed by atoms with Crippen molar-refractivity contribution < 1.29 is 19.1 Å². The lowest BCUT2D eigenvalue weighted by Crippen LogP contribution is -2.31. The lowest BCUT2D eigenvalue weighted by Gasteiger charge is -2.25. The quantitative estimate of drug-likeness (QED) is 0.416. The standard InChI is InChI=1S/C29H27NO5/c1-18-14-19(2)24-23(15-18)35-28-25(27(24)32)26(30(29(28)33)12-7-13-31)21-10-6-11-22(16-21)34-17-20-8-4-3-5-9-20/h3-6,8-11,14-16,26,31H,7,12-13,17H2,1-2H3. The number of rotatable bonds is 7. The molecule has 0 bridgehead atoms. The van der Waals surface area contributed by atoms with Crippen molar-refractivity contribution in [2.24, 2.45) is 0 Å². The second-order valence-electron chi connectivity index (χ2n) is 8.95. The summed E-state index contributed by atoms with van der Waals surface area (Å²) in [4.78, 5) is 28.8. The van der Waals surface area contributed by atoms with Crippen LogP contribution in [0.2, 0.25) is 0 Å². The summed E-state index contributed by atoms with van der Waals surface area (Å²) in [6, 6.07) is 20.5. The van der Waals surface area contributed by atoms with Crippen LogP contribution < -0.4 is 10.2 Å². The minimum atomic E-state index is -0.620. The van der Waals surface area contributed by atoms with Gasteiger partial charge in [0.1, 0.15) is 17.9 Å². The largest absolute Gasteiger partial charge is 0.489 e. The summed E-state index contributed by atoms with van der Waals surface area (Å²) in [6.07, 6.45) is 0.395. The van der Waals surface area contributed by atoms with Gasteiger partial charge in [0, 0.05) is 13.2 Å². The van der Waals surface area contributed by atoms with E-state index in [1.165, 1.54) is 0 Å². The minimum absolute atomic E-state index is 0.0608. The number of aliphatic hydroxyl groups excluding tert-OH is 1. The van der Waals surface area contributed by atoms with E-state index in [0.29, 0.717) is 41.9 Å². The van der Waals surface area contributed by atoms with E-state index >= 15 is 0 Å². The fourth-order valence-corrected chi connectivity index (χ4v) is 4.85. The summed E-state index contributed by atoms with van der Waals surface area (Å²) < 4.78 is 12.1. The zero-order valence-corrected chi connectivity index (χ0v) is 19.8. The summed E-state index contributed by atoms with van der Waals surface area (Å²) in [6.45, 7) is 4.45. The van der Waals surface area contributed by atoms with Gasteiger partial charge < -0.3 is 19.2 Å². The zero-order chi connectivity index (χ0) is 24.5. The van der Waals surface area contributed by atoms with Crippen molar-refractivity contribution in [1.29, 1.82) is 0 Å². The molecule has 1 N–H and O–H groups in total. The van der Waals surface area contributed by atoms with Crippen LogP contribution in [-0.2, 0) is 6.61 Å². The Hall–Kier alpha value is -3.90. The van der Waals surface area contributed by atoms with Gasteiger partial charge in [-0.15, -0.1) is 0 Å². The third-order valence-corrected chi connectivity index (χ3v) is 6.39. The van der Waals surface area contributed by atoms with Gasteiger partial charge in [-0.2, -0.15) is 0 Å². The van der Waals surface area contributed by atoms with Gasteiger partial charge in [-0.1, -0.05) is 48.5 Å². The molecule has 6 nitrogen and oxygen atoms in total. The number of aryl methyl sites for hydroxylation is 2. The first-order valence-electron chi connectivity index (χ1n) is 11.7. The average molecular weight is 470 g/mol. The molecule has 1 aromatic heterocycles. The van der Waals surface area contributed by atoms with E-state index in [2.05, 4.69) is 0 Å². The number of hydrogen-bond donors (Lipinski definition) is 1. The summed E-state index contributed by atoms with van der Waals surface area (Å²) in [7, 11) is 0. The Morgan fingerprint density at radius 1 is 1.00 bits per heavy atom. The highest BCUT2D eigenvalue weighted by Crippen LogP contribution is 2.39. The van der Waals surface area contributed by atoms with Gasteiger partial charge in [0.2, 0.25) is 5.76 Å². The van der Waals surface area contributed by atoms with Crippen LogP contribution in [0.25, 0.3) is 11.0 Å². The van der Waals surface area contributed by atoms with Crippen LogP contribution in [-0.4, -0.2) is 29.1 Å². The van der Waals surface area contributed by atoms with Gasteiger partial charge in [-0.3, -0.25) is 9.59 Å². The van der Waals surface area contributed by atoms with Crippen LogP contribution in [0.5, 0.6) is 5.75 Å². The number of hydrogen-bond acceptors (Lipinski definition) is 5. The van der Waals surface area contributed by atoms with Crippen molar-refractivity contribution in [3.8, 4) is 5.75 Å². The van der Waals surface area contributed by atoms with E-state index < -0.39 is 6.04 Å². The lowest BCUT2D eigenvalue weighted by atomic mass is 9.96. The van der Waals surface area contributed by atoms with Gasteiger partial charge in [-0.25, -0.2) is 0 Å². The summed E-state index contributed by atoms with van der Waals surface area (Å²) in [5.41, 5.74) is 4.14. The van der Waals surface area contributed by atoms with E-state index in [-0.39, 0.29) is 23.7 Å². The molecular weight excluding hydrogens is 442 g/mol. The number of ether oxygens (including phenoxy) is 1. The van der Waals surface area contributed by atoms with Crippen LogP contribution >= 0.6 is 0 Å². The van der Waals surface area contributed by atoms with Crippen molar-refractivity contribution in [2.45, 2.75) is 32.9 Å². The fourth-order valence-electron chi connectivity index (χ4n) is 4.85. The van der Waals surface area contributed by atoms with E-state index in [4.69, 9.17) is 9.15 Å². The Morgan fingerprint density at radius 3 is 2.57 bits per heavy atom. The lowest BCUT2D eigenvalue weighted by molar-refractivity contribution is 0.0716. The Labute approximate surface area is 203 Å². The van der Waals surface area contributed by atoms with Crippen molar-refractivity contribution in [3.63, 3.8) is 0 Å². The number of nitrogens with zero attached hydrogens (tertiary/aromatic N) is 1. The number of carbonyl (C=O) groups is 1. The predicted molar refractivity (Wildman–Crippen MR) is 134 cm³/mol. The van der Waals surface area contributed by atoms with Crippen molar-refractivity contribution in [3.05, 3.63) is 111 Å². The second-order valence-corrected chi connectivity index (χ2v) is 8.95. The molecule has 2 heterocycles. The number of carbonyl (C=O) groups excluding carboxylic acids is 1. The van der Waals surface area contributed by atoms with Crippen molar-refractivity contribution >= 4 is 16.9 Å². The first kappa shape index (κ1) is 22.9. The van der Waals surface area contributed by atoms with Gasteiger partial charge in [0.25, 0.3) is 5.91 Å². The Kier molecular flexibility index (Phi) is 6.14. The first-order chi connectivity index (χ1) is 17.0. The van der Waals surface area contributed by atoms with Gasteiger partial charge in [-0.05, 0) is 60.7 Å². The molecule has 6 heteroatoms. The van der Waals surface area contributed by atoms with Crippen LogP contribution in [0, 0.1) is 13.8 Å². The monoisotopic (exact) mass is 469 g/mol. The second kappa shape index (κ2) is 9.39. The molecular formula is C29H27NO5. The first-order valence-corrected chi connectivity index (χ1v) is 11.7. The topological polar surface area (TPSA) is 80.0 Å². The number of amides is 1. The Bertz CT molecular complexity index is 1460. The van der Waals surface area contributed by atoms with Crippen molar-refractivity contribution in [2.75, 3.05) is 13.2 Å². The van der Waals surface area contributed by atoms with E-state index in [0.717, 1.165) is 22.3 Å². The van der Waals surface area contributed by atoms with E-state index in [1.807, 2.05) is 74.5 Å². The molecule has 0 radical (unpaired) electrons. The fraction of sp³-hybridized carbons (Fsp3) is 0.241. The number of fused-ring (bicyclic) bond motifs is 2. The highest BCUT2D eigenvalue weighted by Gasteiger charge is 2.42. The van der Waals surface area contributed by atoms with Crippen LogP contribution in [0.15, 0.2) is 75.9 Å². The molecule has 35 heavy (non-hydrogen) atoms. The maximum absolute atomic E-state index is 13.8. The highest BCUT2D eigenvalue weighted by atomic mass is 16.5. The van der Waals surface area contributed by atoms with E-state index in [1.54, 1.807) is 11.0 Å². The molecule has 1 aliphatic heterocycles. The average Bonchev–Trinajstić information content (AvgIpc) is 3.13. The molecule has 1 aliphatic rings. The summed E-state index contributed by atoms with van der Waals surface area (Å²) in [5, 5.41) is 9.93. The molecule has 1 unspecified atom stereocenters. The van der Waals surface area contributed by atoms with Crippen molar-refractivity contribution in [1.82, 2.24) is 4.90 Å². The molecule has 3 aromatic carbocycles. The van der Waals surface area contributed by atoms with E-state index in [9.17, 15) is 14.7 Å². The molecule has 0 fully saturated rings. The zero-order valence-electron chi connectivity index (χ0n) is 19.8. The summed E-state index contributed by atoms with van der Waals surface area (Å²) in [5.74, 6) is 0.379. The van der Waals surface area contributed by atoms with Gasteiger partial charge in [0.15, 0.2) is 5.43 Å². The molecule has 0 saturated heterocycles. The molecule has 1 amide bonds. The third-order valence-electron chi connectivity index (χ3n) is 6.39. The maximum Gasteiger partial charge on any atom is 0.290 e. The smallest absolute Gasteiger partial charge is 0.290 e. The molecule has 0 spiro atoms. The predicted octanol–water partition coefficient (Wildman–Crippen LogP) is 4.92. The molecule has 5 rings (SSSR count). The van der Waals surface area contributed by atoms with Crippen LogP contribution in [0.4, 0.5) is 0 Å². The molecule has 0 aliphatic carbocycles. The van der Waals surface area contributed by atoms with Crippen LogP contribution in [0.3, 0.4) is 0 Å². The van der Waals surface area contributed by atoms with Gasteiger partial charge >= 0.3 is 0 Å². The molecule has 4 aromatic rings. The minimum Gasteiger partial charge on any atom is -0.489 e. The summed E-state index contributed by atoms with van der Waals surface area (Å²) >= 11 is 0. The van der Waals surface area contributed by atoms with Crippen LogP contribution in [0.1, 0.15) is 50.8 Å². The number of aliphatic hydroxyl groups is 1. The Balaban J connectivity index is 1.60. The van der Waals surface area contributed by atoms with Gasteiger partial charge in [0.05, 0.1) is 17.0 Å². The Morgan fingerprint density at radius 2 is 1.80 bits per heavy atom. The SMILES string of the molecule is Cc1cc(C)c2c(=O)c3c(oc2c1)C(=O)N(CCCO)C3c1cccc(OCc2ccccc2)c1. The normalized spacial score (nSPS) is 15.0. The molecule has 0 saturated carbocycles. The molecule has 1 atom stereocenters. The number of benzene rings is 3.